The fourth-order valence-corrected chi connectivity index (χ4v) is 1.96. The first-order chi connectivity index (χ1) is 8.74. The molecule has 0 unspecified atom stereocenters. The summed E-state index contributed by atoms with van der Waals surface area (Å²) in [7, 11) is 0. The molecule has 0 saturated carbocycles. The van der Waals surface area contributed by atoms with Crippen molar-refractivity contribution in [2.24, 2.45) is 5.73 Å². The highest BCUT2D eigenvalue weighted by atomic mass is 16.1. The van der Waals surface area contributed by atoms with E-state index < -0.39 is 0 Å². The molecule has 0 radical (unpaired) electrons. The highest BCUT2D eigenvalue weighted by molar-refractivity contribution is 5.76. The summed E-state index contributed by atoms with van der Waals surface area (Å²) in [6, 6.07) is 18.5. The molecule has 2 aromatic rings. The summed E-state index contributed by atoms with van der Waals surface area (Å²) in [5, 5.41) is 0. The van der Waals surface area contributed by atoms with Crippen LogP contribution >= 0.6 is 0 Å². The van der Waals surface area contributed by atoms with Crippen molar-refractivity contribution < 1.29 is 4.79 Å². The zero-order chi connectivity index (χ0) is 12.8. The van der Waals surface area contributed by atoms with Crippen LogP contribution in [0.3, 0.4) is 0 Å². The molecule has 92 valence electrons. The molecule has 0 spiro atoms. The second-order valence-electron chi connectivity index (χ2n) is 4.45. The van der Waals surface area contributed by atoms with Gasteiger partial charge in [0.1, 0.15) is 0 Å². The Hall–Kier alpha value is -2.09. The Kier molecular flexibility index (Phi) is 4.13. The van der Waals surface area contributed by atoms with Crippen molar-refractivity contribution >= 4 is 5.91 Å². The molecular weight excluding hydrogens is 222 g/mol. The Morgan fingerprint density at radius 3 is 1.83 bits per heavy atom. The molecule has 0 aliphatic rings. The Morgan fingerprint density at radius 1 is 0.778 bits per heavy atom. The summed E-state index contributed by atoms with van der Waals surface area (Å²) in [5.74, 6) is -0.285. The van der Waals surface area contributed by atoms with Gasteiger partial charge < -0.3 is 5.73 Å². The van der Waals surface area contributed by atoms with E-state index in [1.807, 2.05) is 18.2 Å². The quantitative estimate of drug-likeness (QED) is 0.856. The Balaban J connectivity index is 1.92. The molecule has 0 atom stereocenters. The smallest absolute Gasteiger partial charge is 0.221 e. The number of carbonyl (C=O) groups is 1. The first-order valence-corrected chi connectivity index (χ1v) is 6.14. The number of primary amides is 1. The third-order valence-corrected chi connectivity index (χ3v) is 2.95. The van der Waals surface area contributed by atoms with Gasteiger partial charge in [0.25, 0.3) is 0 Å². The molecule has 2 nitrogen and oxygen atoms in total. The summed E-state index contributed by atoms with van der Waals surface area (Å²) >= 11 is 0. The normalized spacial score (nSPS) is 10.2. The first-order valence-electron chi connectivity index (χ1n) is 6.14. The van der Waals surface area contributed by atoms with Gasteiger partial charge in [0, 0.05) is 0 Å². The average Bonchev–Trinajstić information content (AvgIpc) is 2.38. The maximum Gasteiger partial charge on any atom is 0.221 e. The standard InChI is InChI=1S/C16H17NO/c17-16(18)12-15-10-8-14(9-11-15)7-6-13-4-2-1-3-5-13/h1-5,8-11H,6-7,12H2,(H2,17,18). The fraction of sp³-hybridized carbons (Fsp3) is 0.188. The number of nitrogens with two attached hydrogens (primary N) is 1. The van der Waals surface area contributed by atoms with E-state index in [1.54, 1.807) is 0 Å². The molecule has 0 aromatic heterocycles. The second-order valence-corrected chi connectivity index (χ2v) is 4.45. The highest BCUT2D eigenvalue weighted by Gasteiger charge is 1.99. The van der Waals surface area contributed by atoms with E-state index in [-0.39, 0.29) is 5.91 Å². The Morgan fingerprint density at radius 2 is 1.28 bits per heavy atom. The lowest BCUT2D eigenvalue weighted by molar-refractivity contribution is -0.117. The minimum absolute atomic E-state index is 0.285. The van der Waals surface area contributed by atoms with Crippen LogP contribution in [0.15, 0.2) is 54.6 Å². The summed E-state index contributed by atoms with van der Waals surface area (Å²) in [6.45, 7) is 0. The first kappa shape index (κ1) is 12.4. The second kappa shape index (κ2) is 6.01. The van der Waals surface area contributed by atoms with Crippen molar-refractivity contribution in [2.75, 3.05) is 0 Å². The lowest BCUT2D eigenvalue weighted by Gasteiger charge is -2.03. The van der Waals surface area contributed by atoms with Crippen LogP contribution in [0.2, 0.25) is 0 Å². The van der Waals surface area contributed by atoms with Gasteiger partial charge in [0.2, 0.25) is 5.91 Å². The molecule has 2 heteroatoms. The number of benzene rings is 2. The predicted molar refractivity (Wildman–Crippen MR) is 73.2 cm³/mol. The van der Waals surface area contributed by atoms with Gasteiger partial charge in [-0.25, -0.2) is 0 Å². The van der Waals surface area contributed by atoms with Gasteiger partial charge in [0.05, 0.1) is 6.42 Å². The molecule has 0 aliphatic carbocycles. The SMILES string of the molecule is NC(=O)Cc1ccc(CCc2ccccc2)cc1. The summed E-state index contributed by atoms with van der Waals surface area (Å²) in [6.07, 6.45) is 2.37. The maximum absolute atomic E-state index is 10.8. The average molecular weight is 239 g/mol. The molecule has 2 aromatic carbocycles. The van der Waals surface area contributed by atoms with Gasteiger partial charge in [-0.2, -0.15) is 0 Å². The zero-order valence-corrected chi connectivity index (χ0v) is 10.3. The van der Waals surface area contributed by atoms with Gasteiger partial charge >= 0.3 is 0 Å². The Labute approximate surface area is 107 Å². The Bertz CT molecular complexity index is 502. The fourth-order valence-electron chi connectivity index (χ4n) is 1.96. The van der Waals surface area contributed by atoms with Crippen molar-refractivity contribution in [1.29, 1.82) is 0 Å². The zero-order valence-electron chi connectivity index (χ0n) is 10.3. The van der Waals surface area contributed by atoms with Crippen molar-refractivity contribution in [3.8, 4) is 0 Å². The molecule has 0 saturated heterocycles. The molecule has 0 heterocycles. The van der Waals surface area contributed by atoms with Crippen molar-refractivity contribution in [1.82, 2.24) is 0 Å². The lowest BCUT2D eigenvalue weighted by Crippen LogP contribution is -2.13. The van der Waals surface area contributed by atoms with Crippen molar-refractivity contribution in [3.05, 3.63) is 71.3 Å². The van der Waals surface area contributed by atoms with Crippen LogP contribution in [-0.4, -0.2) is 5.91 Å². The van der Waals surface area contributed by atoms with Crippen LogP contribution in [0.4, 0.5) is 0 Å². The maximum atomic E-state index is 10.8. The molecule has 18 heavy (non-hydrogen) atoms. The van der Waals surface area contributed by atoms with Crippen LogP contribution in [-0.2, 0) is 24.1 Å². The van der Waals surface area contributed by atoms with E-state index >= 15 is 0 Å². The van der Waals surface area contributed by atoms with Crippen LogP contribution in [0, 0.1) is 0 Å². The van der Waals surface area contributed by atoms with Crippen LogP contribution in [0.1, 0.15) is 16.7 Å². The van der Waals surface area contributed by atoms with Gasteiger partial charge in [-0.15, -0.1) is 0 Å². The summed E-state index contributed by atoms with van der Waals surface area (Å²) in [5.41, 5.74) is 8.77. The minimum atomic E-state index is -0.285. The van der Waals surface area contributed by atoms with E-state index in [1.165, 1.54) is 11.1 Å². The van der Waals surface area contributed by atoms with Gasteiger partial charge in [-0.3, -0.25) is 4.79 Å². The van der Waals surface area contributed by atoms with Gasteiger partial charge in [0.15, 0.2) is 0 Å². The number of hydrogen-bond donors (Lipinski definition) is 1. The third kappa shape index (κ3) is 3.74. The van der Waals surface area contributed by atoms with E-state index in [4.69, 9.17) is 5.73 Å². The van der Waals surface area contributed by atoms with E-state index in [9.17, 15) is 4.79 Å². The summed E-state index contributed by atoms with van der Waals surface area (Å²) < 4.78 is 0. The highest BCUT2D eigenvalue weighted by Crippen LogP contribution is 2.09. The number of hydrogen-bond acceptors (Lipinski definition) is 1. The molecule has 2 rings (SSSR count). The summed E-state index contributed by atoms with van der Waals surface area (Å²) in [4.78, 5) is 10.8. The van der Waals surface area contributed by atoms with Crippen molar-refractivity contribution in [2.45, 2.75) is 19.3 Å². The number of amides is 1. The predicted octanol–water partition coefficient (Wildman–Crippen LogP) is 2.50. The number of aryl methyl sites for hydroxylation is 2. The topological polar surface area (TPSA) is 43.1 Å². The molecular formula is C16H17NO. The van der Waals surface area contributed by atoms with E-state index in [0.717, 1.165) is 18.4 Å². The minimum Gasteiger partial charge on any atom is -0.369 e. The van der Waals surface area contributed by atoms with Crippen LogP contribution in [0.5, 0.6) is 0 Å². The molecule has 0 aliphatic heterocycles. The van der Waals surface area contributed by atoms with E-state index in [0.29, 0.717) is 6.42 Å². The molecule has 0 fully saturated rings. The largest absolute Gasteiger partial charge is 0.369 e. The molecule has 2 N–H and O–H groups in total. The number of carbonyl (C=O) groups excluding carboxylic acids is 1. The van der Waals surface area contributed by atoms with Gasteiger partial charge in [-0.1, -0.05) is 54.6 Å². The van der Waals surface area contributed by atoms with Gasteiger partial charge in [-0.05, 0) is 29.5 Å². The number of rotatable bonds is 5. The van der Waals surface area contributed by atoms with Crippen LogP contribution < -0.4 is 5.73 Å². The third-order valence-electron chi connectivity index (χ3n) is 2.95. The van der Waals surface area contributed by atoms with Crippen LogP contribution in [0.25, 0.3) is 0 Å². The molecule has 0 bridgehead atoms. The molecule has 1 amide bonds. The van der Waals surface area contributed by atoms with Crippen molar-refractivity contribution in [3.63, 3.8) is 0 Å². The monoisotopic (exact) mass is 239 g/mol. The van der Waals surface area contributed by atoms with E-state index in [2.05, 4.69) is 36.4 Å². The lowest BCUT2D eigenvalue weighted by atomic mass is 10.0.